The topological polar surface area (TPSA) is 66.5 Å². The number of fused-ring (bicyclic) bond motifs is 2. The van der Waals surface area contributed by atoms with Crippen LogP contribution in [0.5, 0.6) is 0 Å². The number of ketones is 1. The highest BCUT2D eigenvalue weighted by Gasteiger charge is 2.42. The molecule has 1 aromatic rings. The van der Waals surface area contributed by atoms with Crippen LogP contribution in [0.4, 0.5) is 0 Å². The minimum atomic E-state index is 0.0278. The number of Topliss-reactive ketones (excluding diaryl/α,β-unsaturated/α-hetero) is 1. The number of amides is 2. The Kier molecular flexibility index (Phi) is 6.31. The predicted octanol–water partition coefficient (Wildman–Crippen LogP) is 3.12. The van der Waals surface area contributed by atoms with Crippen LogP contribution >= 0.6 is 0 Å². The summed E-state index contributed by atoms with van der Waals surface area (Å²) < 4.78 is 0. The summed E-state index contributed by atoms with van der Waals surface area (Å²) in [5.74, 6) is 1.02. The van der Waals surface area contributed by atoms with E-state index >= 15 is 0 Å². The summed E-state index contributed by atoms with van der Waals surface area (Å²) in [5.41, 5.74) is 1.18. The van der Waals surface area contributed by atoms with Crippen molar-refractivity contribution in [3.05, 3.63) is 35.9 Å². The van der Waals surface area contributed by atoms with Gasteiger partial charge in [-0.15, -0.1) is 0 Å². The molecular weight excluding hydrogens is 364 g/mol. The van der Waals surface area contributed by atoms with E-state index in [2.05, 4.69) is 5.32 Å². The van der Waals surface area contributed by atoms with Crippen LogP contribution in [0.1, 0.15) is 56.9 Å². The second-order valence-electron chi connectivity index (χ2n) is 9.05. The van der Waals surface area contributed by atoms with Gasteiger partial charge in [-0.3, -0.25) is 14.4 Å². The van der Waals surface area contributed by atoms with Gasteiger partial charge in [-0.05, 0) is 50.5 Å². The Bertz CT molecular complexity index is 724. The van der Waals surface area contributed by atoms with E-state index in [4.69, 9.17) is 0 Å². The molecule has 0 spiro atoms. The molecule has 3 aliphatic rings. The molecular formula is C24H32N2O3. The van der Waals surface area contributed by atoms with Crippen molar-refractivity contribution in [2.75, 3.05) is 13.1 Å². The summed E-state index contributed by atoms with van der Waals surface area (Å²) in [6.45, 7) is 1.42. The molecule has 2 unspecified atom stereocenters. The van der Waals surface area contributed by atoms with Crippen molar-refractivity contribution < 1.29 is 14.4 Å². The number of carbonyl (C=O) groups excluding carboxylic acids is 3. The zero-order chi connectivity index (χ0) is 20.2. The van der Waals surface area contributed by atoms with Gasteiger partial charge in [0.1, 0.15) is 5.78 Å². The Morgan fingerprint density at radius 1 is 0.966 bits per heavy atom. The molecule has 2 aliphatic carbocycles. The average molecular weight is 397 g/mol. The molecule has 2 atom stereocenters. The summed E-state index contributed by atoms with van der Waals surface area (Å²) >= 11 is 0. The van der Waals surface area contributed by atoms with Gasteiger partial charge in [0.2, 0.25) is 11.8 Å². The molecule has 2 saturated carbocycles. The van der Waals surface area contributed by atoms with Crippen molar-refractivity contribution >= 4 is 17.6 Å². The second-order valence-corrected chi connectivity index (χ2v) is 9.05. The number of piperidine rings is 1. The maximum absolute atomic E-state index is 13.0. The molecule has 2 bridgehead atoms. The lowest BCUT2D eigenvalue weighted by Gasteiger charge is -2.40. The maximum Gasteiger partial charge on any atom is 0.225 e. The average Bonchev–Trinajstić information content (AvgIpc) is 2.73. The highest BCUT2D eigenvalue weighted by molar-refractivity contribution is 5.88. The first kappa shape index (κ1) is 20.1. The van der Waals surface area contributed by atoms with Gasteiger partial charge in [0.05, 0.1) is 0 Å². The summed E-state index contributed by atoms with van der Waals surface area (Å²) in [5, 5.41) is 3.14. The molecule has 1 N–H and O–H groups in total. The highest BCUT2D eigenvalue weighted by Crippen LogP contribution is 2.40. The van der Waals surface area contributed by atoms with E-state index < -0.39 is 0 Å². The van der Waals surface area contributed by atoms with E-state index in [0.29, 0.717) is 25.3 Å². The van der Waals surface area contributed by atoms with Crippen molar-refractivity contribution in [1.29, 1.82) is 0 Å². The predicted molar refractivity (Wildman–Crippen MR) is 111 cm³/mol. The number of hydrogen-bond acceptors (Lipinski definition) is 3. The van der Waals surface area contributed by atoms with E-state index in [1.807, 2.05) is 35.2 Å². The largest absolute Gasteiger partial charge is 0.353 e. The molecule has 3 fully saturated rings. The van der Waals surface area contributed by atoms with Crippen LogP contribution in [0, 0.1) is 17.8 Å². The fraction of sp³-hybridized carbons (Fsp3) is 0.625. The molecule has 29 heavy (non-hydrogen) atoms. The zero-order valence-corrected chi connectivity index (χ0v) is 17.1. The first-order chi connectivity index (χ1) is 14.1. The molecule has 1 aromatic carbocycles. The fourth-order valence-electron chi connectivity index (χ4n) is 5.39. The molecule has 1 aliphatic heterocycles. The Morgan fingerprint density at radius 3 is 2.28 bits per heavy atom. The summed E-state index contributed by atoms with van der Waals surface area (Å²) in [6, 6.07) is 10.2. The Balaban J connectivity index is 1.20. The fourth-order valence-corrected chi connectivity index (χ4v) is 5.39. The molecule has 0 radical (unpaired) electrons. The van der Waals surface area contributed by atoms with Gasteiger partial charge in [0, 0.05) is 43.3 Å². The highest BCUT2D eigenvalue weighted by atomic mass is 16.2. The number of nitrogens with zero attached hydrogens (tertiary/aromatic N) is 1. The standard InChI is InChI=1S/C24H32N2O3/c27-22(10-9-17-5-2-1-3-6-17)25-21-11-13-26(14-12-21)24(29)20-15-18-7-4-8-19(16-20)23(18)28/h1-3,5-6,18-21H,4,7-16H2,(H,25,27). The van der Waals surface area contributed by atoms with E-state index in [1.54, 1.807) is 0 Å². The minimum absolute atomic E-state index is 0.0278. The smallest absolute Gasteiger partial charge is 0.225 e. The Morgan fingerprint density at radius 2 is 1.62 bits per heavy atom. The van der Waals surface area contributed by atoms with Crippen molar-refractivity contribution in [2.24, 2.45) is 17.8 Å². The third-order valence-corrected chi connectivity index (χ3v) is 7.05. The summed E-state index contributed by atoms with van der Waals surface area (Å²) in [4.78, 5) is 39.5. The minimum Gasteiger partial charge on any atom is -0.353 e. The SMILES string of the molecule is O=C(CCc1ccccc1)NC1CCN(C(=O)C2CC3CCCC(C2)C3=O)CC1. The number of rotatable bonds is 5. The first-order valence-corrected chi connectivity index (χ1v) is 11.3. The lowest BCUT2D eigenvalue weighted by atomic mass is 9.67. The van der Waals surface area contributed by atoms with Crippen LogP contribution in [0.25, 0.3) is 0 Å². The normalized spacial score (nSPS) is 27.5. The number of nitrogens with one attached hydrogen (secondary N) is 1. The van der Waals surface area contributed by atoms with Crippen molar-refractivity contribution in [3.8, 4) is 0 Å². The molecule has 5 heteroatoms. The van der Waals surface area contributed by atoms with Crippen LogP contribution in [0.3, 0.4) is 0 Å². The third-order valence-electron chi connectivity index (χ3n) is 7.05. The summed E-state index contributed by atoms with van der Waals surface area (Å²) in [7, 11) is 0. The van der Waals surface area contributed by atoms with Crippen LogP contribution < -0.4 is 5.32 Å². The van der Waals surface area contributed by atoms with E-state index in [1.165, 1.54) is 5.56 Å². The molecule has 1 saturated heterocycles. The van der Waals surface area contributed by atoms with Crippen molar-refractivity contribution in [1.82, 2.24) is 10.2 Å². The van der Waals surface area contributed by atoms with Crippen LogP contribution in [0.2, 0.25) is 0 Å². The molecule has 156 valence electrons. The lowest BCUT2D eigenvalue weighted by Crippen LogP contribution is -2.50. The number of aryl methyl sites for hydroxylation is 1. The van der Waals surface area contributed by atoms with Crippen LogP contribution in [0.15, 0.2) is 30.3 Å². The first-order valence-electron chi connectivity index (χ1n) is 11.3. The Hall–Kier alpha value is -2.17. The number of benzene rings is 1. The maximum atomic E-state index is 13.0. The number of likely N-dealkylation sites (tertiary alicyclic amines) is 1. The van der Waals surface area contributed by atoms with Gasteiger partial charge >= 0.3 is 0 Å². The van der Waals surface area contributed by atoms with Gasteiger partial charge < -0.3 is 10.2 Å². The monoisotopic (exact) mass is 396 g/mol. The number of hydrogen-bond donors (Lipinski definition) is 1. The second kappa shape index (κ2) is 9.10. The quantitative estimate of drug-likeness (QED) is 0.832. The zero-order valence-electron chi connectivity index (χ0n) is 17.1. The third kappa shape index (κ3) is 4.88. The molecule has 4 rings (SSSR count). The van der Waals surface area contributed by atoms with Crippen molar-refractivity contribution in [3.63, 3.8) is 0 Å². The lowest BCUT2D eigenvalue weighted by molar-refractivity contribution is -0.143. The van der Waals surface area contributed by atoms with E-state index in [9.17, 15) is 14.4 Å². The molecule has 1 heterocycles. The van der Waals surface area contributed by atoms with Crippen LogP contribution in [-0.4, -0.2) is 41.6 Å². The van der Waals surface area contributed by atoms with Gasteiger partial charge in [-0.1, -0.05) is 36.8 Å². The van der Waals surface area contributed by atoms with Gasteiger partial charge in [-0.25, -0.2) is 0 Å². The van der Waals surface area contributed by atoms with Gasteiger partial charge in [0.15, 0.2) is 0 Å². The Labute approximate surface area is 173 Å². The van der Waals surface area contributed by atoms with Gasteiger partial charge in [0.25, 0.3) is 0 Å². The molecule has 0 aromatic heterocycles. The molecule has 5 nitrogen and oxygen atoms in total. The molecule has 2 amide bonds. The van der Waals surface area contributed by atoms with Crippen LogP contribution in [-0.2, 0) is 20.8 Å². The van der Waals surface area contributed by atoms with Crippen molar-refractivity contribution in [2.45, 2.75) is 63.8 Å². The van der Waals surface area contributed by atoms with E-state index in [-0.39, 0.29) is 35.6 Å². The summed E-state index contributed by atoms with van der Waals surface area (Å²) in [6.07, 6.45) is 7.48. The van der Waals surface area contributed by atoms with Gasteiger partial charge in [-0.2, -0.15) is 0 Å². The number of carbonyl (C=O) groups is 3. The van der Waals surface area contributed by atoms with E-state index in [0.717, 1.165) is 51.4 Å².